The standard InChI is InChI=1S/C24H28FN3O2/c25-19-12-10-18(11-13-19)24(30)26-21-8-5-9-22-20(21)7-6-16-28(22)17-23(29)27-14-3-1-2-4-15-27/h5,8-13H,1-4,6-7,14-17H2,(H,26,30). The summed E-state index contributed by atoms with van der Waals surface area (Å²) in [6.07, 6.45) is 6.36. The molecular formula is C24H28FN3O2. The van der Waals surface area contributed by atoms with Gasteiger partial charge in [-0.3, -0.25) is 9.59 Å². The van der Waals surface area contributed by atoms with Crippen molar-refractivity contribution in [2.75, 3.05) is 36.4 Å². The highest BCUT2D eigenvalue weighted by Gasteiger charge is 2.24. The number of likely N-dealkylation sites (tertiary alicyclic amines) is 1. The Morgan fingerprint density at radius 1 is 0.900 bits per heavy atom. The average Bonchev–Trinajstić information content (AvgIpc) is 3.04. The third-order valence-electron chi connectivity index (χ3n) is 5.99. The van der Waals surface area contributed by atoms with Gasteiger partial charge in [0.2, 0.25) is 5.91 Å². The lowest BCUT2D eigenvalue weighted by Gasteiger charge is -2.33. The number of carbonyl (C=O) groups excluding carboxylic acids is 2. The van der Waals surface area contributed by atoms with Gasteiger partial charge in [0, 0.05) is 36.6 Å². The van der Waals surface area contributed by atoms with E-state index < -0.39 is 0 Å². The quantitative estimate of drug-likeness (QED) is 0.822. The molecule has 30 heavy (non-hydrogen) atoms. The number of rotatable bonds is 4. The van der Waals surface area contributed by atoms with E-state index in [1.54, 1.807) is 0 Å². The van der Waals surface area contributed by atoms with Gasteiger partial charge in [0.15, 0.2) is 0 Å². The van der Waals surface area contributed by atoms with Crippen molar-refractivity contribution in [3.8, 4) is 0 Å². The average molecular weight is 410 g/mol. The largest absolute Gasteiger partial charge is 0.362 e. The number of benzene rings is 2. The first-order valence-corrected chi connectivity index (χ1v) is 10.8. The third kappa shape index (κ3) is 4.64. The molecule has 2 aliphatic rings. The van der Waals surface area contributed by atoms with E-state index in [9.17, 15) is 14.0 Å². The molecule has 4 rings (SSSR count). The van der Waals surface area contributed by atoms with Crippen LogP contribution < -0.4 is 10.2 Å². The van der Waals surface area contributed by atoms with E-state index in [1.807, 2.05) is 23.1 Å². The zero-order valence-electron chi connectivity index (χ0n) is 17.2. The number of hydrogen-bond acceptors (Lipinski definition) is 3. The maximum absolute atomic E-state index is 13.1. The van der Waals surface area contributed by atoms with E-state index in [2.05, 4.69) is 10.2 Å². The van der Waals surface area contributed by atoms with Gasteiger partial charge in [0.1, 0.15) is 5.82 Å². The van der Waals surface area contributed by atoms with E-state index in [0.29, 0.717) is 12.1 Å². The molecular weight excluding hydrogens is 381 g/mol. The number of amides is 2. The highest BCUT2D eigenvalue weighted by molar-refractivity contribution is 6.05. The van der Waals surface area contributed by atoms with Crippen molar-refractivity contribution in [1.29, 1.82) is 0 Å². The van der Waals surface area contributed by atoms with E-state index in [0.717, 1.165) is 62.3 Å². The van der Waals surface area contributed by atoms with E-state index >= 15 is 0 Å². The molecule has 1 N–H and O–H groups in total. The number of halogens is 1. The highest BCUT2D eigenvalue weighted by Crippen LogP contribution is 2.33. The van der Waals surface area contributed by atoms with Crippen molar-refractivity contribution in [2.24, 2.45) is 0 Å². The van der Waals surface area contributed by atoms with Gasteiger partial charge >= 0.3 is 0 Å². The Hall–Kier alpha value is -2.89. The molecule has 5 nitrogen and oxygen atoms in total. The molecule has 0 aliphatic carbocycles. The third-order valence-corrected chi connectivity index (χ3v) is 5.99. The summed E-state index contributed by atoms with van der Waals surface area (Å²) in [6, 6.07) is 11.3. The van der Waals surface area contributed by atoms with E-state index in [-0.39, 0.29) is 17.6 Å². The number of anilines is 2. The fourth-order valence-corrected chi connectivity index (χ4v) is 4.36. The molecule has 2 aromatic carbocycles. The summed E-state index contributed by atoms with van der Waals surface area (Å²) in [5.74, 6) is -0.444. The van der Waals surface area contributed by atoms with Crippen LogP contribution in [-0.4, -0.2) is 42.9 Å². The molecule has 2 aromatic rings. The minimum absolute atomic E-state index is 0.186. The van der Waals surface area contributed by atoms with Crippen LogP contribution in [0.1, 0.15) is 48.0 Å². The van der Waals surface area contributed by atoms with Crippen molar-refractivity contribution in [1.82, 2.24) is 4.90 Å². The molecule has 2 amide bonds. The smallest absolute Gasteiger partial charge is 0.255 e. The number of nitrogens with one attached hydrogen (secondary N) is 1. The van der Waals surface area contributed by atoms with Crippen molar-refractivity contribution >= 4 is 23.2 Å². The Morgan fingerprint density at radius 3 is 2.37 bits per heavy atom. The van der Waals surface area contributed by atoms with Gasteiger partial charge in [0.05, 0.1) is 6.54 Å². The lowest BCUT2D eigenvalue weighted by atomic mass is 9.99. The second kappa shape index (κ2) is 9.28. The maximum atomic E-state index is 13.1. The van der Waals surface area contributed by atoms with Crippen LogP contribution in [0.5, 0.6) is 0 Å². The minimum Gasteiger partial charge on any atom is -0.362 e. The Balaban J connectivity index is 1.49. The fraction of sp³-hybridized carbons (Fsp3) is 0.417. The Morgan fingerprint density at radius 2 is 1.63 bits per heavy atom. The van der Waals surface area contributed by atoms with Crippen LogP contribution in [0.15, 0.2) is 42.5 Å². The van der Waals surface area contributed by atoms with Crippen molar-refractivity contribution in [2.45, 2.75) is 38.5 Å². The summed E-state index contributed by atoms with van der Waals surface area (Å²) in [7, 11) is 0. The van der Waals surface area contributed by atoms with Crippen LogP contribution in [0.4, 0.5) is 15.8 Å². The summed E-state index contributed by atoms with van der Waals surface area (Å²) in [4.78, 5) is 29.6. The molecule has 2 aliphatic heterocycles. The Bertz CT molecular complexity index is 905. The predicted molar refractivity (Wildman–Crippen MR) is 116 cm³/mol. The molecule has 1 fully saturated rings. The molecule has 1 saturated heterocycles. The SMILES string of the molecule is O=C(Nc1cccc2c1CCCN2CC(=O)N1CCCCCC1)c1ccc(F)cc1. The van der Waals surface area contributed by atoms with Gasteiger partial charge in [0.25, 0.3) is 5.91 Å². The summed E-state index contributed by atoms with van der Waals surface area (Å²) in [5.41, 5.74) is 3.25. The number of carbonyl (C=O) groups is 2. The second-order valence-electron chi connectivity index (χ2n) is 8.08. The first-order chi connectivity index (χ1) is 14.6. The van der Waals surface area contributed by atoms with E-state index in [1.165, 1.54) is 37.1 Å². The van der Waals surface area contributed by atoms with Gasteiger partial charge in [-0.25, -0.2) is 4.39 Å². The second-order valence-corrected chi connectivity index (χ2v) is 8.08. The molecule has 0 bridgehead atoms. The topological polar surface area (TPSA) is 52.7 Å². The summed E-state index contributed by atoms with van der Waals surface area (Å²) >= 11 is 0. The molecule has 0 radical (unpaired) electrons. The van der Waals surface area contributed by atoms with Crippen LogP contribution >= 0.6 is 0 Å². The number of nitrogens with zero attached hydrogens (tertiary/aromatic N) is 2. The summed E-state index contributed by atoms with van der Waals surface area (Å²) in [6.45, 7) is 2.92. The highest BCUT2D eigenvalue weighted by atomic mass is 19.1. The van der Waals surface area contributed by atoms with Crippen molar-refractivity contribution in [3.05, 3.63) is 59.4 Å². The monoisotopic (exact) mass is 409 g/mol. The van der Waals surface area contributed by atoms with E-state index in [4.69, 9.17) is 0 Å². The Kier molecular flexibility index (Phi) is 6.31. The summed E-state index contributed by atoms with van der Waals surface area (Å²) < 4.78 is 13.1. The first-order valence-electron chi connectivity index (χ1n) is 10.8. The first kappa shape index (κ1) is 20.4. The lowest BCUT2D eigenvalue weighted by molar-refractivity contribution is -0.129. The van der Waals surface area contributed by atoms with Crippen LogP contribution in [0.3, 0.4) is 0 Å². The normalized spacial score (nSPS) is 16.6. The maximum Gasteiger partial charge on any atom is 0.255 e. The van der Waals surface area contributed by atoms with Crippen LogP contribution in [0, 0.1) is 5.82 Å². The molecule has 0 saturated carbocycles. The molecule has 2 heterocycles. The molecule has 0 aromatic heterocycles. The van der Waals surface area contributed by atoms with Crippen LogP contribution in [0.25, 0.3) is 0 Å². The van der Waals surface area contributed by atoms with Crippen LogP contribution in [0.2, 0.25) is 0 Å². The fourth-order valence-electron chi connectivity index (χ4n) is 4.36. The zero-order chi connectivity index (χ0) is 20.9. The van der Waals surface area contributed by atoms with Gasteiger partial charge < -0.3 is 15.1 Å². The van der Waals surface area contributed by atoms with Gasteiger partial charge in [-0.05, 0) is 67.6 Å². The minimum atomic E-state index is -0.367. The number of fused-ring (bicyclic) bond motifs is 1. The molecule has 158 valence electrons. The summed E-state index contributed by atoms with van der Waals surface area (Å²) in [5, 5.41) is 2.97. The lowest BCUT2D eigenvalue weighted by Crippen LogP contribution is -2.42. The van der Waals surface area contributed by atoms with Crippen LogP contribution in [-0.2, 0) is 11.2 Å². The van der Waals surface area contributed by atoms with Crippen molar-refractivity contribution in [3.63, 3.8) is 0 Å². The van der Waals surface area contributed by atoms with Gasteiger partial charge in [-0.1, -0.05) is 18.9 Å². The molecule has 0 unspecified atom stereocenters. The molecule has 6 heteroatoms. The Labute approximate surface area is 176 Å². The van der Waals surface area contributed by atoms with Gasteiger partial charge in [-0.2, -0.15) is 0 Å². The van der Waals surface area contributed by atoms with Gasteiger partial charge in [-0.15, -0.1) is 0 Å². The predicted octanol–water partition coefficient (Wildman–Crippen LogP) is 4.23. The number of hydrogen-bond donors (Lipinski definition) is 1. The molecule has 0 spiro atoms. The van der Waals surface area contributed by atoms with Crippen molar-refractivity contribution < 1.29 is 14.0 Å². The molecule has 0 atom stereocenters. The zero-order valence-corrected chi connectivity index (χ0v) is 17.2.